The van der Waals surface area contributed by atoms with E-state index in [9.17, 15) is 9.18 Å². The lowest BCUT2D eigenvalue weighted by molar-refractivity contribution is 0.0522. The van der Waals surface area contributed by atoms with Crippen molar-refractivity contribution < 1.29 is 13.9 Å². The van der Waals surface area contributed by atoms with Crippen LogP contribution in [0.4, 0.5) is 10.2 Å². The van der Waals surface area contributed by atoms with Gasteiger partial charge in [0.25, 0.3) is 0 Å². The highest BCUT2D eigenvalue weighted by Crippen LogP contribution is 2.20. The van der Waals surface area contributed by atoms with Crippen LogP contribution in [0.25, 0.3) is 10.8 Å². The number of aromatic nitrogens is 2. The molecule has 3 rings (SSSR count). The normalized spacial score (nSPS) is 10.2. The quantitative estimate of drug-likeness (QED) is 0.569. The van der Waals surface area contributed by atoms with Gasteiger partial charge >= 0.3 is 5.97 Å². The van der Waals surface area contributed by atoms with Crippen molar-refractivity contribution in [2.24, 2.45) is 0 Å². The lowest BCUT2D eigenvalue weighted by atomic mass is 10.1. The van der Waals surface area contributed by atoms with Crippen molar-refractivity contribution >= 4 is 22.6 Å². The van der Waals surface area contributed by atoms with Crippen LogP contribution in [-0.4, -0.2) is 29.1 Å². The molecular weight excluding hydrogens is 323 g/mol. The maximum atomic E-state index is 13.7. The molecule has 0 amide bonds. The third kappa shape index (κ3) is 3.70. The Morgan fingerprint density at radius 3 is 3.04 bits per heavy atom. The fourth-order valence-electron chi connectivity index (χ4n) is 2.36. The number of anilines is 1. The van der Waals surface area contributed by atoms with Crippen molar-refractivity contribution in [3.63, 3.8) is 0 Å². The van der Waals surface area contributed by atoms with Crippen LogP contribution in [0.15, 0.2) is 48.9 Å². The summed E-state index contributed by atoms with van der Waals surface area (Å²) in [7, 11) is 0. The largest absolute Gasteiger partial charge is 0.460 e. The Bertz CT molecular complexity index is 969. The van der Waals surface area contributed by atoms with Gasteiger partial charge < -0.3 is 10.1 Å². The fourth-order valence-corrected chi connectivity index (χ4v) is 2.36. The number of nitrogens with one attached hydrogen (secondary N) is 1. The number of halogens is 1. The van der Waals surface area contributed by atoms with E-state index in [0.717, 1.165) is 6.07 Å². The molecule has 0 atom stereocenters. The van der Waals surface area contributed by atoms with E-state index < -0.39 is 11.8 Å². The molecule has 2 aromatic heterocycles. The van der Waals surface area contributed by atoms with Crippen molar-refractivity contribution in [2.75, 3.05) is 18.5 Å². The number of nitriles is 1. The van der Waals surface area contributed by atoms with E-state index in [1.165, 1.54) is 18.5 Å². The summed E-state index contributed by atoms with van der Waals surface area (Å²) in [6.45, 7) is 0.307. The molecule has 0 saturated carbocycles. The van der Waals surface area contributed by atoms with Crippen LogP contribution in [0.2, 0.25) is 0 Å². The molecule has 0 aliphatic rings. The Morgan fingerprint density at radius 2 is 2.20 bits per heavy atom. The van der Waals surface area contributed by atoms with Gasteiger partial charge in [-0.05, 0) is 35.7 Å². The molecule has 0 aliphatic carbocycles. The van der Waals surface area contributed by atoms with Crippen molar-refractivity contribution in [2.45, 2.75) is 0 Å². The number of carbonyl (C=O) groups excluding carboxylic acids is 1. The molecule has 1 aromatic carbocycles. The van der Waals surface area contributed by atoms with Gasteiger partial charge in [0, 0.05) is 24.0 Å². The second-order valence-electron chi connectivity index (χ2n) is 5.12. The van der Waals surface area contributed by atoms with Crippen molar-refractivity contribution in [1.82, 2.24) is 9.97 Å². The SMILES string of the molecule is N#Cc1cccnc1NCCOC(=O)c1cc(F)cc2ccncc12. The van der Waals surface area contributed by atoms with Crippen LogP contribution in [0, 0.1) is 17.1 Å². The zero-order valence-corrected chi connectivity index (χ0v) is 13.1. The highest BCUT2D eigenvalue weighted by molar-refractivity contribution is 6.04. The lowest BCUT2D eigenvalue weighted by Crippen LogP contribution is -2.15. The summed E-state index contributed by atoms with van der Waals surface area (Å²) < 4.78 is 18.9. The Balaban J connectivity index is 1.65. The van der Waals surface area contributed by atoms with Gasteiger partial charge in [-0.1, -0.05) is 0 Å². The number of esters is 1. The molecule has 0 bridgehead atoms. The van der Waals surface area contributed by atoms with Gasteiger partial charge in [-0.3, -0.25) is 4.98 Å². The number of ether oxygens (including phenoxy) is 1. The minimum Gasteiger partial charge on any atom is -0.460 e. The van der Waals surface area contributed by atoms with Crippen LogP contribution < -0.4 is 5.32 Å². The van der Waals surface area contributed by atoms with E-state index in [1.54, 1.807) is 24.4 Å². The molecule has 7 heteroatoms. The molecule has 0 fully saturated rings. The summed E-state index contributed by atoms with van der Waals surface area (Å²) in [4.78, 5) is 20.2. The zero-order valence-electron chi connectivity index (χ0n) is 13.1. The first-order chi connectivity index (χ1) is 12.2. The molecule has 0 unspecified atom stereocenters. The topological polar surface area (TPSA) is 87.9 Å². The number of benzene rings is 1. The molecule has 0 aliphatic heterocycles. The summed E-state index contributed by atoms with van der Waals surface area (Å²) >= 11 is 0. The maximum absolute atomic E-state index is 13.7. The summed E-state index contributed by atoms with van der Waals surface area (Å²) in [5.74, 6) is -0.738. The van der Waals surface area contributed by atoms with Gasteiger partial charge in [-0.15, -0.1) is 0 Å². The molecule has 0 spiro atoms. The van der Waals surface area contributed by atoms with Gasteiger partial charge in [0.05, 0.1) is 17.7 Å². The van der Waals surface area contributed by atoms with Crippen LogP contribution >= 0.6 is 0 Å². The molecule has 2 heterocycles. The number of hydrogen-bond donors (Lipinski definition) is 1. The minimum absolute atomic E-state index is 0.0402. The average Bonchev–Trinajstić information content (AvgIpc) is 2.64. The third-order valence-corrected chi connectivity index (χ3v) is 3.50. The standard InChI is InChI=1S/C18H13FN4O2/c19-14-8-12-3-5-21-11-16(12)15(9-14)18(24)25-7-6-23-17-13(10-20)2-1-4-22-17/h1-5,8-9,11H,6-7H2,(H,22,23). The van der Waals surface area contributed by atoms with Crippen LogP contribution in [0.3, 0.4) is 0 Å². The van der Waals surface area contributed by atoms with Crippen LogP contribution in [0.5, 0.6) is 0 Å². The highest BCUT2D eigenvalue weighted by Gasteiger charge is 2.13. The van der Waals surface area contributed by atoms with E-state index in [1.807, 2.05) is 6.07 Å². The average molecular weight is 336 g/mol. The monoisotopic (exact) mass is 336 g/mol. The first-order valence-electron chi connectivity index (χ1n) is 7.48. The van der Waals surface area contributed by atoms with Gasteiger partial charge in [-0.2, -0.15) is 5.26 Å². The minimum atomic E-state index is -0.638. The maximum Gasteiger partial charge on any atom is 0.338 e. The molecule has 124 valence electrons. The predicted molar refractivity (Wildman–Crippen MR) is 89.4 cm³/mol. The summed E-state index contributed by atoms with van der Waals surface area (Å²) in [5.41, 5.74) is 0.523. The molecule has 3 aromatic rings. The molecular formula is C18H13FN4O2. The summed E-state index contributed by atoms with van der Waals surface area (Å²) in [5, 5.41) is 13.0. The zero-order chi connectivity index (χ0) is 17.6. The first-order valence-corrected chi connectivity index (χ1v) is 7.48. The van der Waals surface area contributed by atoms with E-state index in [4.69, 9.17) is 10.00 Å². The Kier molecular flexibility index (Phi) is 4.81. The first kappa shape index (κ1) is 16.3. The van der Waals surface area contributed by atoms with Gasteiger partial charge in [-0.25, -0.2) is 14.2 Å². The van der Waals surface area contributed by atoms with Crippen LogP contribution in [-0.2, 0) is 4.74 Å². The number of hydrogen-bond acceptors (Lipinski definition) is 6. The smallest absolute Gasteiger partial charge is 0.338 e. The number of nitrogens with zero attached hydrogens (tertiary/aromatic N) is 3. The van der Waals surface area contributed by atoms with Gasteiger partial charge in [0.2, 0.25) is 0 Å². The molecule has 0 radical (unpaired) electrons. The van der Waals surface area contributed by atoms with E-state index >= 15 is 0 Å². The number of fused-ring (bicyclic) bond motifs is 1. The van der Waals surface area contributed by atoms with E-state index in [2.05, 4.69) is 15.3 Å². The van der Waals surface area contributed by atoms with Crippen molar-refractivity contribution in [3.05, 3.63) is 65.9 Å². The number of rotatable bonds is 5. The number of pyridine rings is 2. The Labute approximate surface area is 142 Å². The molecule has 25 heavy (non-hydrogen) atoms. The second kappa shape index (κ2) is 7.36. The van der Waals surface area contributed by atoms with Crippen LogP contribution in [0.1, 0.15) is 15.9 Å². The highest BCUT2D eigenvalue weighted by atomic mass is 19.1. The van der Waals surface area contributed by atoms with Gasteiger partial charge in [0.1, 0.15) is 24.3 Å². The second-order valence-corrected chi connectivity index (χ2v) is 5.12. The van der Waals surface area contributed by atoms with Gasteiger partial charge in [0.15, 0.2) is 0 Å². The molecule has 0 saturated heterocycles. The van der Waals surface area contributed by atoms with E-state index in [-0.39, 0.29) is 18.7 Å². The summed E-state index contributed by atoms with van der Waals surface area (Å²) in [6.07, 6.45) is 4.58. The third-order valence-electron chi connectivity index (χ3n) is 3.50. The Morgan fingerprint density at radius 1 is 1.32 bits per heavy atom. The van der Waals surface area contributed by atoms with Crippen molar-refractivity contribution in [1.29, 1.82) is 5.26 Å². The Hall–Kier alpha value is -3.53. The van der Waals surface area contributed by atoms with Crippen molar-refractivity contribution in [3.8, 4) is 6.07 Å². The molecule has 6 nitrogen and oxygen atoms in total. The summed E-state index contributed by atoms with van der Waals surface area (Å²) in [6, 6.07) is 9.40. The lowest BCUT2D eigenvalue weighted by Gasteiger charge is -2.09. The van der Waals surface area contributed by atoms with E-state index in [0.29, 0.717) is 22.2 Å². The fraction of sp³-hybridized carbons (Fsp3) is 0.111. The number of carbonyl (C=O) groups is 1. The predicted octanol–water partition coefficient (Wildman–Crippen LogP) is 2.91. The molecule has 1 N–H and O–H groups in total.